The highest BCUT2D eigenvalue weighted by molar-refractivity contribution is 5.52. The van der Waals surface area contributed by atoms with Crippen LogP contribution in [0.15, 0.2) is 18.5 Å². The summed E-state index contributed by atoms with van der Waals surface area (Å²) < 4.78 is 0. The third kappa shape index (κ3) is 2.48. The van der Waals surface area contributed by atoms with Gasteiger partial charge in [-0.3, -0.25) is 4.98 Å². The first-order valence-corrected chi connectivity index (χ1v) is 4.22. The van der Waals surface area contributed by atoms with Crippen molar-refractivity contribution in [3.8, 4) is 12.3 Å². The SMILES string of the molecule is C#CC(C)(C)Nc1ccncc1C. The van der Waals surface area contributed by atoms with Crippen molar-refractivity contribution in [2.75, 3.05) is 5.32 Å². The van der Waals surface area contributed by atoms with Gasteiger partial charge in [0.1, 0.15) is 0 Å². The Morgan fingerprint density at radius 3 is 2.77 bits per heavy atom. The van der Waals surface area contributed by atoms with Gasteiger partial charge in [0.2, 0.25) is 0 Å². The Kier molecular flexibility index (Phi) is 2.57. The van der Waals surface area contributed by atoms with Crippen LogP contribution in [0.4, 0.5) is 5.69 Å². The molecule has 0 amide bonds. The molecule has 0 fully saturated rings. The molecule has 2 heteroatoms. The molecule has 0 radical (unpaired) electrons. The van der Waals surface area contributed by atoms with E-state index < -0.39 is 0 Å². The van der Waals surface area contributed by atoms with Crippen LogP contribution >= 0.6 is 0 Å². The molecule has 1 rings (SSSR count). The van der Waals surface area contributed by atoms with Crippen LogP contribution < -0.4 is 5.32 Å². The molecule has 13 heavy (non-hydrogen) atoms. The molecule has 0 bridgehead atoms. The average molecular weight is 174 g/mol. The smallest absolute Gasteiger partial charge is 0.0927 e. The summed E-state index contributed by atoms with van der Waals surface area (Å²) in [7, 11) is 0. The summed E-state index contributed by atoms with van der Waals surface area (Å²) >= 11 is 0. The second-order valence-electron chi connectivity index (χ2n) is 3.58. The van der Waals surface area contributed by atoms with E-state index in [9.17, 15) is 0 Å². The molecule has 0 aliphatic carbocycles. The quantitative estimate of drug-likeness (QED) is 0.695. The fraction of sp³-hybridized carbons (Fsp3) is 0.364. The van der Waals surface area contributed by atoms with E-state index in [4.69, 9.17) is 6.42 Å². The Hall–Kier alpha value is -1.49. The minimum Gasteiger partial charge on any atom is -0.369 e. The van der Waals surface area contributed by atoms with Gasteiger partial charge in [-0.05, 0) is 32.4 Å². The summed E-state index contributed by atoms with van der Waals surface area (Å²) in [4.78, 5) is 4.01. The molecule has 0 unspecified atom stereocenters. The van der Waals surface area contributed by atoms with Crippen LogP contribution in [0.3, 0.4) is 0 Å². The zero-order chi connectivity index (χ0) is 9.90. The fourth-order valence-corrected chi connectivity index (χ4v) is 0.986. The first-order chi connectivity index (χ1) is 6.05. The molecule has 1 aromatic rings. The number of aromatic nitrogens is 1. The van der Waals surface area contributed by atoms with Crippen molar-refractivity contribution in [3.63, 3.8) is 0 Å². The van der Waals surface area contributed by atoms with Crippen molar-refractivity contribution in [2.24, 2.45) is 0 Å². The van der Waals surface area contributed by atoms with Crippen molar-refractivity contribution in [1.29, 1.82) is 0 Å². The van der Waals surface area contributed by atoms with Crippen molar-refractivity contribution < 1.29 is 0 Å². The lowest BCUT2D eigenvalue weighted by atomic mass is 10.1. The Balaban J connectivity index is 2.88. The first-order valence-electron chi connectivity index (χ1n) is 4.22. The van der Waals surface area contributed by atoms with Gasteiger partial charge in [-0.15, -0.1) is 6.42 Å². The lowest BCUT2D eigenvalue weighted by Crippen LogP contribution is -2.28. The third-order valence-corrected chi connectivity index (χ3v) is 1.83. The molecule has 0 aliphatic heterocycles. The first kappa shape index (κ1) is 9.60. The predicted octanol–water partition coefficient (Wildman–Crippen LogP) is 2.21. The summed E-state index contributed by atoms with van der Waals surface area (Å²) in [5, 5.41) is 3.26. The van der Waals surface area contributed by atoms with Gasteiger partial charge in [0.15, 0.2) is 0 Å². The second-order valence-corrected chi connectivity index (χ2v) is 3.58. The number of anilines is 1. The van der Waals surface area contributed by atoms with Crippen molar-refractivity contribution in [2.45, 2.75) is 26.3 Å². The number of hydrogen-bond donors (Lipinski definition) is 1. The van der Waals surface area contributed by atoms with Gasteiger partial charge in [0.25, 0.3) is 0 Å². The van der Waals surface area contributed by atoms with Crippen LogP contribution in [-0.2, 0) is 0 Å². The Morgan fingerprint density at radius 1 is 1.54 bits per heavy atom. The van der Waals surface area contributed by atoms with E-state index in [2.05, 4.69) is 16.2 Å². The number of hydrogen-bond acceptors (Lipinski definition) is 2. The summed E-state index contributed by atoms with van der Waals surface area (Å²) in [5.41, 5.74) is 1.83. The molecular formula is C11H14N2. The maximum Gasteiger partial charge on any atom is 0.0927 e. The topological polar surface area (TPSA) is 24.9 Å². The summed E-state index contributed by atoms with van der Waals surface area (Å²) in [6.45, 7) is 5.93. The highest BCUT2D eigenvalue weighted by Crippen LogP contribution is 2.17. The van der Waals surface area contributed by atoms with Gasteiger partial charge in [-0.1, -0.05) is 5.92 Å². The number of terminal acetylenes is 1. The fourth-order valence-electron chi connectivity index (χ4n) is 0.986. The van der Waals surface area contributed by atoms with Gasteiger partial charge in [-0.2, -0.15) is 0 Å². The highest BCUT2D eigenvalue weighted by Gasteiger charge is 2.13. The van der Waals surface area contributed by atoms with E-state index in [0.29, 0.717) is 0 Å². The molecule has 0 aliphatic rings. The van der Waals surface area contributed by atoms with E-state index >= 15 is 0 Å². The maximum absolute atomic E-state index is 5.38. The van der Waals surface area contributed by atoms with E-state index in [1.165, 1.54) is 0 Å². The van der Waals surface area contributed by atoms with E-state index in [1.54, 1.807) is 6.20 Å². The van der Waals surface area contributed by atoms with E-state index in [0.717, 1.165) is 11.3 Å². The third-order valence-electron chi connectivity index (χ3n) is 1.83. The van der Waals surface area contributed by atoms with Crippen LogP contribution in [-0.4, -0.2) is 10.5 Å². The average Bonchev–Trinajstić information content (AvgIpc) is 2.09. The van der Waals surface area contributed by atoms with Crippen LogP contribution in [0.25, 0.3) is 0 Å². The van der Waals surface area contributed by atoms with Crippen LogP contribution in [0, 0.1) is 19.3 Å². The van der Waals surface area contributed by atoms with Gasteiger partial charge < -0.3 is 5.32 Å². The molecule has 2 nitrogen and oxygen atoms in total. The molecule has 1 aromatic heterocycles. The number of pyridine rings is 1. The minimum atomic E-state index is -0.313. The van der Waals surface area contributed by atoms with E-state index in [-0.39, 0.29) is 5.54 Å². The zero-order valence-electron chi connectivity index (χ0n) is 8.26. The van der Waals surface area contributed by atoms with Crippen LogP contribution in [0.2, 0.25) is 0 Å². The largest absolute Gasteiger partial charge is 0.369 e. The molecule has 0 saturated heterocycles. The zero-order valence-corrected chi connectivity index (χ0v) is 8.26. The molecule has 1 heterocycles. The highest BCUT2D eigenvalue weighted by atomic mass is 15.0. The lowest BCUT2D eigenvalue weighted by molar-refractivity contribution is 0.740. The summed E-state index contributed by atoms with van der Waals surface area (Å²) in [5.74, 6) is 2.69. The maximum atomic E-state index is 5.38. The molecule has 0 atom stereocenters. The summed E-state index contributed by atoms with van der Waals surface area (Å²) in [6, 6.07) is 1.93. The number of nitrogens with zero attached hydrogens (tertiary/aromatic N) is 1. The van der Waals surface area contributed by atoms with Crippen LogP contribution in [0.1, 0.15) is 19.4 Å². The van der Waals surface area contributed by atoms with Gasteiger partial charge in [0, 0.05) is 18.1 Å². The lowest BCUT2D eigenvalue weighted by Gasteiger charge is -2.22. The molecule has 68 valence electrons. The van der Waals surface area contributed by atoms with Crippen molar-refractivity contribution in [3.05, 3.63) is 24.0 Å². The Morgan fingerprint density at radius 2 is 2.23 bits per heavy atom. The molecular weight excluding hydrogens is 160 g/mol. The second kappa shape index (κ2) is 3.49. The van der Waals surface area contributed by atoms with Gasteiger partial charge in [0.05, 0.1) is 5.54 Å². The monoisotopic (exact) mass is 174 g/mol. The predicted molar refractivity (Wildman–Crippen MR) is 55.5 cm³/mol. The molecule has 0 saturated carbocycles. The van der Waals surface area contributed by atoms with E-state index in [1.807, 2.05) is 33.0 Å². The number of rotatable bonds is 2. The summed E-state index contributed by atoms with van der Waals surface area (Å²) in [6.07, 6.45) is 8.94. The Bertz CT molecular complexity index is 334. The number of nitrogens with one attached hydrogen (secondary N) is 1. The van der Waals surface area contributed by atoms with Gasteiger partial charge >= 0.3 is 0 Å². The normalized spacial score (nSPS) is 10.6. The minimum absolute atomic E-state index is 0.313. The molecule has 0 spiro atoms. The molecule has 1 N–H and O–H groups in total. The van der Waals surface area contributed by atoms with Gasteiger partial charge in [-0.25, -0.2) is 0 Å². The van der Waals surface area contributed by atoms with Crippen molar-refractivity contribution in [1.82, 2.24) is 4.98 Å². The van der Waals surface area contributed by atoms with Crippen LogP contribution in [0.5, 0.6) is 0 Å². The standard InChI is InChI=1S/C11H14N2/c1-5-11(3,4)13-10-6-7-12-8-9(10)2/h1,6-8H,2-4H3,(H,12,13). The molecule has 0 aromatic carbocycles. The number of aryl methyl sites for hydroxylation is 1. The Labute approximate surface area is 79.4 Å². The van der Waals surface area contributed by atoms with Crippen molar-refractivity contribution >= 4 is 5.69 Å².